The van der Waals surface area contributed by atoms with E-state index >= 15 is 0 Å². The predicted molar refractivity (Wildman–Crippen MR) is 127 cm³/mol. The largest absolute Gasteiger partial charge is 0.461 e. The second-order valence-corrected chi connectivity index (χ2v) is 8.09. The van der Waals surface area contributed by atoms with Crippen LogP contribution >= 0.6 is 0 Å². The fourth-order valence-corrected chi connectivity index (χ4v) is 3.04. The first-order valence-corrected chi connectivity index (χ1v) is 11.3. The number of carbonyl (C=O) groups is 2. The Bertz CT molecular complexity index is 645. The van der Waals surface area contributed by atoms with E-state index in [1.807, 2.05) is 25.7 Å². The number of ether oxygens (including phenoxy) is 1. The Morgan fingerprint density at radius 1 is 0.767 bits per heavy atom. The van der Waals surface area contributed by atoms with Crippen molar-refractivity contribution in [3.8, 4) is 0 Å². The summed E-state index contributed by atoms with van der Waals surface area (Å²) in [6.45, 7) is 15.7. The van der Waals surface area contributed by atoms with Crippen molar-refractivity contribution in [1.82, 2.24) is 4.90 Å². The van der Waals surface area contributed by atoms with Crippen LogP contribution in [0.1, 0.15) is 87.0 Å². The molecule has 4 nitrogen and oxygen atoms in total. The van der Waals surface area contributed by atoms with E-state index in [1.165, 1.54) is 18.1 Å². The quantitative estimate of drug-likeness (QED) is 0.183. The lowest BCUT2D eigenvalue weighted by Crippen LogP contribution is -2.28. The molecule has 0 N–H and O–H groups in total. The van der Waals surface area contributed by atoms with Gasteiger partial charge in [-0.05, 0) is 85.6 Å². The molecule has 4 heteroatoms. The van der Waals surface area contributed by atoms with Crippen LogP contribution in [0, 0.1) is 0 Å². The molecule has 0 radical (unpaired) electrons. The molecular formula is C26H43NO3. The third-order valence-electron chi connectivity index (χ3n) is 4.93. The Hall–Kier alpha value is -2.10. The average molecular weight is 418 g/mol. The average Bonchev–Trinajstić information content (AvgIpc) is 2.66. The minimum atomic E-state index is -0.254. The second kappa shape index (κ2) is 16.7. The van der Waals surface area contributed by atoms with Crippen LogP contribution in [0.2, 0.25) is 0 Å². The van der Waals surface area contributed by atoms with Gasteiger partial charge in [0, 0.05) is 26.1 Å². The number of hydrogen-bond acceptors (Lipinski definition) is 3. The molecule has 0 unspecified atom stereocenters. The first-order chi connectivity index (χ1) is 14.2. The zero-order valence-electron chi connectivity index (χ0n) is 20.3. The predicted octanol–water partition coefficient (Wildman–Crippen LogP) is 6.54. The number of amides is 1. The Morgan fingerprint density at radius 3 is 1.90 bits per heavy atom. The maximum absolute atomic E-state index is 12.2. The lowest BCUT2D eigenvalue weighted by atomic mass is 10.0. The van der Waals surface area contributed by atoms with Gasteiger partial charge in [0.2, 0.25) is 5.91 Å². The normalized spacial score (nSPS) is 12.6. The smallest absolute Gasteiger partial charge is 0.302 e. The first-order valence-electron chi connectivity index (χ1n) is 11.3. The van der Waals surface area contributed by atoms with E-state index in [1.54, 1.807) is 6.08 Å². The highest BCUT2D eigenvalue weighted by atomic mass is 16.5. The second-order valence-electron chi connectivity index (χ2n) is 8.09. The number of carbonyl (C=O) groups excluding carboxylic acids is 2. The molecule has 0 aliphatic heterocycles. The summed E-state index contributed by atoms with van der Waals surface area (Å²) < 4.78 is 5.22. The van der Waals surface area contributed by atoms with E-state index in [0.717, 1.165) is 62.8 Å². The van der Waals surface area contributed by atoms with E-state index in [-0.39, 0.29) is 11.9 Å². The summed E-state index contributed by atoms with van der Waals surface area (Å²) in [6, 6.07) is 0. The van der Waals surface area contributed by atoms with Crippen LogP contribution in [-0.2, 0) is 14.3 Å². The van der Waals surface area contributed by atoms with Gasteiger partial charge < -0.3 is 9.64 Å². The Kier molecular flexibility index (Phi) is 15.5. The Morgan fingerprint density at radius 2 is 1.33 bits per heavy atom. The Labute approximate surface area is 184 Å². The van der Waals surface area contributed by atoms with Gasteiger partial charge in [-0.2, -0.15) is 0 Å². The van der Waals surface area contributed by atoms with Gasteiger partial charge in [0.15, 0.2) is 0 Å². The Balaban J connectivity index is 4.76. The minimum absolute atomic E-state index is 0.0790. The van der Waals surface area contributed by atoms with Crippen LogP contribution in [0.4, 0.5) is 0 Å². The molecule has 0 heterocycles. The molecule has 0 saturated heterocycles. The molecule has 30 heavy (non-hydrogen) atoms. The molecule has 0 saturated carbocycles. The highest BCUT2D eigenvalue weighted by Crippen LogP contribution is 2.15. The molecule has 0 rings (SSSR count). The number of rotatable bonds is 14. The third kappa shape index (κ3) is 14.8. The van der Waals surface area contributed by atoms with Crippen LogP contribution in [-0.4, -0.2) is 36.5 Å². The van der Waals surface area contributed by atoms with Crippen molar-refractivity contribution in [2.24, 2.45) is 0 Å². The highest BCUT2D eigenvalue weighted by molar-refractivity contribution is 5.88. The first kappa shape index (κ1) is 27.9. The number of esters is 1. The maximum Gasteiger partial charge on any atom is 0.302 e. The third-order valence-corrected chi connectivity index (χ3v) is 4.93. The van der Waals surface area contributed by atoms with Gasteiger partial charge in [-0.3, -0.25) is 9.59 Å². The molecule has 0 aromatic rings. The molecular weight excluding hydrogens is 374 g/mol. The van der Waals surface area contributed by atoms with Crippen molar-refractivity contribution >= 4 is 11.9 Å². The molecule has 0 bridgehead atoms. The monoisotopic (exact) mass is 417 g/mol. The summed E-state index contributed by atoms with van der Waals surface area (Å²) in [7, 11) is 0. The van der Waals surface area contributed by atoms with Crippen molar-refractivity contribution in [2.75, 3.05) is 19.7 Å². The van der Waals surface area contributed by atoms with E-state index in [4.69, 9.17) is 4.74 Å². The van der Waals surface area contributed by atoms with Crippen molar-refractivity contribution in [2.45, 2.75) is 87.0 Å². The summed E-state index contributed by atoms with van der Waals surface area (Å²) in [5.74, 6) is -0.175. The fraction of sp³-hybridized carbons (Fsp3) is 0.615. The van der Waals surface area contributed by atoms with Crippen molar-refractivity contribution < 1.29 is 14.3 Å². The summed E-state index contributed by atoms with van der Waals surface area (Å²) in [6.07, 6.45) is 14.1. The molecule has 170 valence electrons. The van der Waals surface area contributed by atoms with Crippen LogP contribution < -0.4 is 0 Å². The van der Waals surface area contributed by atoms with Gasteiger partial charge in [0.1, 0.15) is 6.61 Å². The molecule has 0 aromatic heterocycles. The van der Waals surface area contributed by atoms with Gasteiger partial charge in [-0.1, -0.05) is 34.9 Å². The minimum Gasteiger partial charge on any atom is -0.461 e. The number of likely N-dealkylation sites (N-methyl/N-ethyl adjacent to an activating group) is 1. The van der Waals surface area contributed by atoms with E-state index < -0.39 is 0 Å². The van der Waals surface area contributed by atoms with Crippen LogP contribution in [0.5, 0.6) is 0 Å². The van der Waals surface area contributed by atoms with E-state index in [0.29, 0.717) is 6.61 Å². The van der Waals surface area contributed by atoms with Gasteiger partial charge >= 0.3 is 5.97 Å². The van der Waals surface area contributed by atoms with Crippen LogP contribution in [0.3, 0.4) is 0 Å². The SMILES string of the molecule is CCN(CC)C(=O)/C=C(\C)CC/C=C(\CC/C=C(\C)CCC=C(C)C)COC(C)=O. The lowest BCUT2D eigenvalue weighted by Gasteiger charge is -2.16. The molecule has 0 fully saturated rings. The summed E-state index contributed by atoms with van der Waals surface area (Å²) >= 11 is 0. The standard InChI is InChI=1S/C26H43NO3/c1-8-27(9-2)26(29)19-23(6)16-12-18-25(20-30-24(7)28)17-11-15-22(5)14-10-13-21(3)4/h13,15,18-19H,8-12,14,16-17,20H2,1-7H3/b22-15+,23-19+,25-18+. The summed E-state index contributed by atoms with van der Waals surface area (Å²) in [4.78, 5) is 25.2. The highest BCUT2D eigenvalue weighted by Gasteiger charge is 2.06. The van der Waals surface area contributed by atoms with Crippen LogP contribution in [0.25, 0.3) is 0 Å². The topological polar surface area (TPSA) is 46.6 Å². The van der Waals surface area contributed by atoms with Gasteiger partial charge in [0.25, 0.3) is 0 Å². The fourth-order valence-electron chi connectivity index (χ4n) is 3.04. The number of hydrogen-bond donors (Lipinski definition) is 0. The molecule has 0 atom stereocenters. The number of nitrogens with zero attached hydrogens (tertiary/aromatic N) is 1. The number of allylic oxidation sites excluding steroid dienone is 6. The zero-order chi connectivity index (χ0) is 22.9. The van der Waals surface area contributed by atoms with Crippen molar-refractivity contribution in [3.63, 3.8) is 0 Å². The molecule has 0 aliphatic carbocycles. The zero-order valence-corrected chi connectivity index (χ0v) is 20.3. The maximum atomic E-state index is 12.2. The lowest BCUT2D eigenvalue weighted by molar-refractivity contribution is -0.140. The van der Waals surface area contributed by atoms with Gasteiger partial charge in [-0.15, -0.1) is 0 Å². The van der Waals surface area contributed by atoms with Crippen molar-refractivity contribution in [1.29, 1.82) is 0 Å². The summed E-state index contributed by atoms with van der Waals surface area (Å²) in [5, 5.41) is 0. The van der Waals surface area contributed by atoms with Crippen LogP contribution in [0.15, 0.2) is 46.6 Å². The molecule has 0 spiro atoms. The van der Waals surface area contributed by atoms with Gasteiger partial charge in [-0.25, -0.2) is 0 Å². The molecule has 0 aromatic carbocycles. The molecule has 0 aliphatic rings. The van der Waals surface area contributed by atoms with Crippen molar-refractivity contribution in [3.05, 3.63) is 46.6 Å². The molecule has 1 amide bonds. The summed E-state index contributed by atoms with van der Waals surface area (Å²) in [5.41, 5.74) is 4.97. The van der Waals surface area contributed by atoms with E-state index in [9.17, 15) is 9.59 Å². The van der Waals surface area contributed by atoms with E-state index in [2.05, 4.69) is 39.0 Å². The van der Waals surface area contributed by atoms with Gasteiger partial charge in [0.05, 0.1) is 0 Å².